The summed E-state index contributed by atoms with van der Waals surface area (Å²) in [6.07, 6.45) is 2.08. The van der Waals surface area contributed by atoms with Crippen molar-refractivity contribution in [1.29, 1.82) is 0 Å². The Kier molecular flexibility index (Phi) is 3.62. The molecule has 0 heteroatoms. The Labute approximate surface area is 133 Å². The van der Waals surface area contributed by atoms with Crippen molar-refractivity contribution in [3.05, 3.63) is 95.6 Å². The average Bonchev–Trinajstić information content (AvgIpc) is 2.78. The first-order valence-electron chi connectivity index (χ1n) is 7.77. The summed E-state index contributed by atoms with van der Waals surface area (Å²) in [4.78, 5) is 0. The summed E-state index contributed by atoms with van der Waals surface area (Å²) in [5.41, 5.74) is 7.96. The normalized spacial score (nSPS) is 17.0. The summed E-state index contributed by atoms with van der Waals surface area (Å²) < 4.78 is 0. The van der Waals surface area contributed by atoms with Gasteiger partial charge in [0.1, 0.15) is 0 Å². The van der Waals surface area contributed by atoms with Gasteiger partial charge in [0.15, 0.2) is 0 Å². The van der Waals surface area contributed by atoms with Gasteiger partial charge in [-0.2, -0.15) is 0 Å². The first kappa shape index (κ1) is 14.6. The Morgan fingerprint density at radius 2 is 1.09 bits per heavy atom. The SMILES string of the molecule is C=CC1(C)C(C)=C(c2ccccc2)C(c2ccccc2)=C1C. The number of allylic oxidation sites excluding steroid dienone is 5. The molecule has 0 aliphatic heterocycles. The highest BCUT2D eigenvalue weighted by Crippen LogP contribution is 2.54. The molecule has 0 amide bonds. The monoisotopic (exact) mass is 286 g/mol. The highest BCUT2D eigenvalue weighted by atomic mass is 14.4. The van der Waals surface area contributed by atoms with Crippen molar-refractivity contribution in [1.82, 2.24) is 0 Å². The molecule has 2 aromatic carbocycles. The van der Waals surface area contributed by atoms with E-state index in [1.165, 1.54) is 33.4 Å². The lowest BCUT2D eigenvalue weighted by Gasteiger charge is -2.24. The maximum absolute atomic E-state index is 4.10. The molecular formula is C22H22. The van der Waals surface area contributed by atoms with Crippen LogP contribution in [0.4, 0.5) is 0 Å². The maximum Gasteiger partial charge on any atom is 0.0283 e. The Hall–Kier alpha value is -2.34. The zero-order chi connectivity index (χ0) is 15.7. The molecule has 0 fully saturated rings. The van der Waals surface area contributed by atoms with Gasteiger partial charge in [-0.3, -0.25) is 0 Å². The Balaban J connectivity index is 2.31. The quantitative estimate of drug-likeness (QED) is 0.594. The van der Waals surface area contributed by atoms with E-state index in [0.29, 0.717) is 0 Å². The second kappa shape index (κ2) is 5.46. The van der Waals surface area contributed by atoms with Gasteiger partial charge >= 0.3 is 0 Å². The van der Waals surface area contributed by atoms with E-state index in [9.17, 15) is 0 Å². The molecule has 2 aromatic rings. The minimum Gasteiger partial charge on any atom is -0.102 e. The molecule has 0 saturated carbocycles. The van der Waals surface area contributed by atoms with Crippen LogP contribution in [-0.4, -0.2) is 0 Å². The van der Waals surface area contributed by atoms with Crippen molar-refractivity contribution < 1.29 is 0 Å². The van der Waals surface area contributed by atoms with E-state index in [4.69, 9.17) is 0 Å². The third-order valence-corrected chi connectivity index (χ3v) is 5.09. The second-order valence-corrected chi connectivity index (χ2v) is 6.14. The van der Waals surface area contributed by atoms with Crippen LogP contribution in [0.15, 0.2) is 84.5 Å². The molecule has 1 aliphatic rings. The molecule has 1 aliphatic carbocycles. The highest BCUT2D eigenvalue weighted by molar-refractivity contribution is 6.11. The van der Waals surface area contributed by atoms with Gasteiger partial charge in [-0.05, 0) is 43.0 Å². The molecular weight excluding hydrogens is 264 g/mol. The van der Waals surface area contributed by atoms with E-state index < -0.39 is 0 Å². The van der Waals surface area contributed by atoms with E-state index in [1.807, 2.05) is 0 Å². The number of benzene rings is 2. The first-order valence-corrected chi connectivity index (χ1v) is 7.77. The predicted octanol–water partition coefficient (Wildman–Crippen LogP) is 6.14. The lowest BCUT2D eigenvalue weighted by molar-refractivity contribution is 0.633. The molecule has 0 heterocycles. The van der Waals surface area contributed by atoms with Gasteiger partial charge in [-0.15, -0.1) is 6.58 Å². The van der Waals surface area contributed by atoms with Crippen LogP contribution in [0, 0.1) is 5.41 Å². The van der Waals surface area contributed by atoms with Crippen LogP contribution < -0.4 is 0 Å². The first-order chi connectivity index (χ1) is 10.6. The largest absolute Gasteiger partial charge is 0.102 e. The number of rotatable bonds is 3. The van der Waals surface area contributed by atoms with Crippen LogP contribution in [0.25, 0.3) is 11.1 Å². The van der Waals surface area contributed by atoms with Crippen LogP contribution in [0.2, 0.25) is 0 Å². The number of hydrogen-bond donors (Lipinski definition) is 0. The van der Waals surface area contributed by atoms with Gasteiger partial charge in [0.25, 0.3) is 0 Å². The van der Waals surface area contributed by atoms with Gasteiger partial charge in [0, 0.05) is 5.41 Å². The standard InChI is InChI=1S/C22H22/c1-5-22(4)16(2)20(18-12-8-6-9-13-18)21(17(22)3)19-14-10-7-11-15-19/h5-15H,1H2,2-4H3. The summed E-state index contributed by atoms with van der Waals surface area (Å²) in [5, 5.41) is 0. The Morgan fingerprint density at radius 3 is 1.41 bits per heavy atom. The molecule has 0 aromatic heterocycles. The molecule has 110 valence electrons. The molecule has 22 heavy (non-hydrogen) atoms. The van der Waals surface area contributed by atoms with E-state index in [2.05, 4.69) is 94.1 Å². The van der Waals surface area contributed by atoms with E-state index in [1.54, 1.807) is 0 Å². The summed E-state index contributed by atoms with van der Waals surface area (Å²) in [6.45, 7) is 10.8. The highest BCUT2D eigenvalue weighted by Gasteiger charge is 2.37. The Morgan fingerprint density at radius 1 is 0.727 bits per heavy atom. The van der Waals surface area contributed by atoms with Gasteiger partial charge < -0.3 is 0 Å². The third-order valence-electron chi connectivity index (χ3n) is 5.09. The van der Waals surface area contributed by atoms with Gasteiger partial charge in [-0.25, -0.2) is 0 Å². The molecule has 0 atom stereocenters. The van der Waals surface area contributed by atoms with E-state index in [0.717, 1.165) is 0 Å². The fourth-order valence-electron chi connectivity index (χ4n) is 3.41. The number of hydrogen-bond acceptors (Lipinski definition) is 0. The summed E-state index contributed by atoms with van der Waals surface area (Å²) in [7, 11) is 0. The molecule has 3 rings (SSSR count). The lowest BCUT2D eigenvalue weighted by atomic mass is 9.79. The van der Waals surface area contributed by atoms with Crippen LogP contribution >= 0.6 is 0 Å². The van der Waals surface area contributed by atoms with Crippen molar-refractivity contribution >= 4 is 11.1 Å². The van der Waals surface area contributed by atoms with Gasteiger partial charge in [-0.1, -0.05) is 77.9 Å². The van der Waals surface area contributed by atoms with Crippen LogP contribution in [-0.2, 0) is 0 Å². The van der Waals surface area contributed by atoms with Crippen LogP contribution in [0.3, 0.4) is 0 Å². The topological polar surface area (TPSA) is 0 Å². The smallest absolute Gasteiger partial charge is 0.0283 e. The van der Waals surface area contributed by atoms with Crippen LogP contribution in [0.5, 0.6) is 0 Å². The predicted molar refractivity (Wildman–Crippen MR) is 96.4 cm³/mol. The molecule has 0 radical (unpaired) electrons. The molecule has 0 saturated heterocycles. The van der Waals surface area contributed by atoms with Gasteiger partial charge in [0.2, 0.25) is 0 Å². The van der Waals surface area contributed by atoms with E-state index in [-0.39, 0.29) is 5.41 Å². The van der Waals surface area contributed by atoms with Crippen LogP contribution in [0.1, 0.15) is 31.9 Å². The summed E-state index contributed by atoms with van der Waals surface area (Å²) in [5.74, 6) is 0. The minimum atomic E-state index is -0.0731. The molecule has 0 unspecified atom stereocenters. The fraction of sp³-hybridized carbons (Fsp3) is 0.182. The Bertz CT molecular complexity index is 697. The van der Waals surface area contributed by atoms with Crippen molar-refractivity contribution in [2.24, 2.45) is 5.41 Å². The molecule has 0 N–H and O–H groups in total. The van der Waals surface area contributed by atoms with Crippen molar-refractivity contribution in [3.63, 3.8) is 0 Å². The van der Waals surface area contributed by atoms with Crippen molar-refractivity contribution in [2.75, 3.05) is 0 Å². The summed E-state index contributed by atoms with van der Waals surface area (Å²) >= 11 is 0. The molecule has 0 spiro atoms. The zero-order valence-corrected chi connectivity index (χ0v) is 13.6. The molecule has 0 nitrogen and oxygen atoms in total. The third kappa shape index (κ3) is 2.07. The summed E-state index contributed by atoms with van der Waals surface area (Å²) in [6, 6.07) is 21.4. The minimum absolute atomic E-state index is 0.0731. The second-order valence-electron chi connectivity index (χ2n) is 6.14. The maximum atomic E-state index is 4.10. The zero-order valence-electron chi connectivity index (χ0n) is 13.6. The van der Waals surface area contributed by atoms with Gasteiger partial charge in [0.05, 0.1) is 0 Å². The van der Waals surface area contributed by atoms with Crippen molar-refractivity contribution in [3.8, 4) is 0 Å². The average molecular weight is 286 g/mol. The lowest BCUT2D eigenvalue weighted by Crippen LogP contribution is -2.13. The fourth-order valence-corrected chi connectivity index (χ4v) is 3.41. The molecule has 0 bridgehead atoms. The van der Waals surface area contributed by atoms with Crippen molar-refractivity contribution in [2.45, 2.75) is 20.8 Å². The van der Waals surface area contributed by atoms with E-state index >= 15 is 0 Å².